The van der Waals surface area contributed by atoms with Crippen LogP contribution in [-0.2, 0) is 17.4 Å². The first-order chi connectivity index (χ1) is 14.4. The Hall–Kier alpha value is -1.95. The van der Waals surface area contributed by atoms with Gasteiger partial charge in [0.05, 0.1) is 0 Å². The van der Waals surface area contributed by atoms with Crippen molar-refractivity contribution in [2.24, 2.45) is 17.8 Å². The maximum atomic E-state index is 6.03. The maximum Gasteiger partial charge on any atom is 0.234 e. The number of ether oxygens (including phenoxy) is 1. The molecular weight excluding hydrogens is 392 g/mol. The average molecular weight is 423 g/mol. The van der Waals surface area contributed by atoms with E-state index >= 15 is 0 Å². The summed E-state index contributed by atoms with van der Waals surface area (Å²) < 4.78 is 8.08. The lowest BCUT2D eigenvalue weighted by Crippen LogP contribution is -2.49. The molecule has 2 aromatic heterocycles. The van der Waals surface area contributed by atoms with E-state index in [0.717, 1.165) is 39.3 Å². The van der Waals surface area contributed by atoms with E-state index in [4.69, 9.17) is 9.84 Å². The van der Waals surface area contributed by atoms with Crippen molar-refractivity contribution in [3.05, 3.63) is 40.7 Å². The first-order valence-electron chi connectivity index (χ1n) is 11.3. The molecule has 1 aromatic carbocycles. The topological polar surface area (TPSA) is 52.3 Å². The van der Waals surface area contributed by atoms with E-state index in [-0.39, 0.29) is 10.8 Å². The third-order valence-corrected chi connectivity index (χ3v) is 8.50. The zero-order valence-electron chi connectivity index (χ0n) is 18.1. The lowest BCUT2D eigenvalue weighted by atomic mass is 9.49. The molecule has 5 nitrogen and oxygen atoms in total. The lowest BCUT2D eigenvalue weighted by Gasteiger charge is -2.55. The van der Waals surface area contributed by atoms with Crippen LogP contribution in [0.2, 0.25) is 0 Å². The van der Waals surface area contributed by atoms with Crippen LogP contribution in [0.4, 0.5) is 0 Å². The van der Waals surface area contributed by atoms with Crippen molar-refractivity contribution in [2.75, 3.05) is 0 Å². The molecule has 0 N–H and O–H groups in total. The Morgan fingerprint density at radius 1 is 1.00 bits per heavy atom. The molecule has 158 valence electrons. The smallest absolute Gasteiger partial charge is 0.234 e. The minimum Gasteiger partial charge on any atom is -0.486 e. The van der Waals surface area contributed by atoms with Crippen LogP contribution in [0, 0.1) is 17.8 Å². The molecule has 0 amide bonds. The molecule has 4 aliphatic rings. The van der Waals surface area contributed by atoms with E-state index in [1.165, 1.54) is 44.1 Å². The molecule has 0 spiro atoms. The summed E-state index contributed by atoms with van der Waals surface area (Å²) >= 11 is 1.60. The lowest BCUT2D eigenvalue weighted by molar-refractivity contribution is -0.0103. The number of benzene rings is 1. The quantitative estimate of drug-likeness (QED) is 0.555. The van der Waals surface area contributed by atoms with Crippen molar-refractivity contribution < 1.29 is 4.74 Å². The Morgan fingerprint density at radius 2 is 1.63 bits per heavy atom. The molecule has 4 saturated carbocycles. The van der Waals surface area contributed by atoms with Gasteiger partial charge in [-0.15, -0.1) is 10.2 Å². The number of fused-ring (bicyclic) bond motifs is 1. The molecule has 0 unspecified atom stereocenters. The molecule has 0 atom stereocenters. The summed E-state index contributed by atoms with van der Waals surface area (Å²) in [5.41, 5.74) is 1.68. The van der Waals surface area contributed by atoms with E-state index in [1.807, 2.05) is 4.52 Å². The Morgan fingerprint density at radius 3 is 2.23 bits per heavy atom. The fourth-order valence-corrected chi connectivity index (χ4v) is 7.37. The van der Waals surface area contributed by atoms with Crippen LogP contribution in [0.1, 0.15) is 75.7 Å². The fraction of sp³-hybridized carbons (Fsp3) is 0.625. The second kappa shape index (κ2) is 6.52. The Labute approximate surface area is 181 Å². The third-order valence-electron chi connectivity index (χ3n) is 7.63. The summed E-state index contributed by atoms with van der Waals surface area (Å²) in [4.78, 5) is 0.905. The molecule has 0 aliphatic heterocycles. The monoisotopic (exact) mass is 422 g/mol. The van der Waals surface area contributed by atoms with Crippen LogP contribution in [0.3, 0.4) is 0 Å². The number of rotatable bonds is 4. The van der Waals surface area contributed by atoms with Crippen molar-refractivity contribution in [3.8, 4) is 5.75 Å². The van der Waals surface area contributed by atoms with Gasteiger partial charge in [-0.2, -0.15) is 9.61 Å². The summed E-state index contributed by atoms with van der Waals surface area (Å²) in [6.07, 6.45) is 8.15. The molecule has 4 bridgehead atoms. The highest BCUT2D eigenvalue weighted by Crippen LogP contribution is 2.60. The molecule has 7 rings (SSSR count). The van der Waals surface area contributed by atoms with Gasteiger partial charge in [0.15, 0.2) is 10.8 Å². The standard InChI is InChI=1S/C24H30N4OS/c1-23(2,3)18-4-6-19(7-5-18)29-14-20-27-28-21(25-26-22(28)30-20)24-11-15-8-16(12-24)10-17(9-15)13-24/h4-7,15-17H,8-14H2,1-3H3. The van der Waals surface area contributed by atoms with Gasteiger partial charge in [-0.25, -0.2) is 0 Å². The summed E-state index contributed by atoms with van der Waals surface area (Å²) in [6, 6.07) is 8.42. The van der Waals surface area contributed by atoms with Gasteiger partial charge in [0.2, 0.25) is 4.96 Å². The Bertz CT molecular complexity index is 1040. The van der Waals surface area contributed by atoms with Crippen LogP contribution >= 0.6 is 11.3 Å². The van der Waals surface area contributed by atoms with E-state index in [1.54, 1.807) is 11.3 Å². The summed E-state index contributed by atoms with van der Waals surface area (Å²) in [7, 11) is 0. The summed E-state index contributed by atoms with van der Waals surface area (Å²) in [5.74, 6) is 4.67. The van der Waals surface area contributed by atoms with Crippen molar-refractivity contribution >= 4 is 16.3 Å². The minimum absolute atomic E-state index is 0.153. The molecule has 0 radical (unpaired) electrons. The largest absolute Gasteiger partial charge is 0.486 e. The number of aromatic nitrogens is 4. The second-order valence-electron chi connectivity index (χ2n) is 11.0. The average Bonchev–Trinajstić information content (AvgIpc) is 3.25. The molecule has 30 heavy (non-hydrogen) atoms. The molecule has 4 fully saturated rings. The third kappa shape index (κ3) is 3.06. The molecule has 3 aromatic rings. The molecular formula is C24H30N4OS. The van der Waals surface area contributed by atoms with Gasteiger partial charge in [-0.1, -0.05) is 44.2 Å². The zero-order valence-corrected chi connectivity index (χ0v) is 18.9. The van der Waals surface area contributed by atoms with E-state index in [9.17, 15) is 0 Å². The highest BCUT2D eigenvalue weighted by Gasteiger charge is 2.54. The van der Waals surface area contributed by atoms with Crippen molar-refractivity contribution in [3.63, 3.8) is 0 Å². The first-order valence-corrected chi connectivity index (χ1v) is 12.1. The van der Waals surface area contributed by atoms with Gasteiger partial charge in [0.25, 0.3) is 0 Å². The summed E-state index contributed by atoms with van der Waals surface area (Å²) in [6.45, 7) is 7.15. The SMILES string of the molecule is CC(C)(C)c1ccc(OCc2nn3c(C45CC6CC(CC(C6)C4)C5)nnc3s2)cc1. The predicted octanol–water partition coefficient (Wildman–Crippen LogP) is 5.53. The van der Waals surface area contributed by atoms with Crippen LogP contribution in [0.15, 0.2) is 24.3 Å². The van der Waals surface area contributed by atoms with Crippen molar-refractivity contribution in [1.29, 1.82) is 0 Å². The van der Waals surface area contributed by atoms with Crippen LogP contribution in [-0.4, -0.2) is 19.8 Å². The first kappa shape index (κ1) is 18.8. The van der Waals surface area contributed by atoms with Gasteiger partial charge < -0.3 is 4.74 Å². The van der Waals surface area contributed by atoms with Gasteiger partial charge in [-0.3, -0.25) is 0 Å². The maximum absolute atomic E-state index is 6.03. The number of nitrogens with zero attached hydrogens (tertiary/aromatic N) is 4. The molecule has 2 heterocycles. The van der Waals surface area contributed by atoms with E-state index < -0.39 is 0 Å². The normalized spacial score (nSPS) is 30.3. The van der Waals surface area contributed by atoms with Gasteiger partial charge in [0.1, 0.15) is 12.4 Å². The van der Waals surface area contributed by atoms with E-state index in [0.29, 0.717) is 6.61 Å². The Kier molecular flexibility index (Phi) is 4.09. The van der Waals surface area contributed by atoms with E-state index in [2.05, 4.69) is 55.2 Å². The van der Waals surface area contributed by atoms with Gasteiger partial charge in [-0.05, 0) is 79.4 Å². The predicted molar refractivity (Wildman–Crippen MR) is 118 cm³/mol. The molecule has 4 aliphatic carbocycles. The van der Waals surface area contributed by atoms with Gasteiger partial charge >= 0.3 is 0 Å². The zero-order chi connectivity index (χ0) is 20.5. The summed E-state index contributed by atoms with van der Waals surface area (Å²) in [5, 5.41) is 15.0. The molecule has 6 heteroatoms. The highest BCUT2D eigenvalue weighted by atomic mass is 32.1. The van der Waals surface area contributed by atoms with Gasteiger partial charge in [0, 0.05) is 5.41 Å². The van der Waals surface area contributed by atoms with Crippen molar-refractivity contribution in [2.45, 2.75) is 76.7 Å². The number of hydrogen-bond donors (Lipinski definition) is 0. The minimum atomic E-state index is 0.153. The van der Waals surface area contributed by atoms with Crippen molar-refractivity contribution in [1.82, 2.24) is 19.8 Å². The highest BCUT2D eigenvalue weighted by molar-refractivity contribution is 7.16. The van der Waals surface area contributed by atoms with Crippen LogP contribution < -0.4 is 4.74 Å². The Balaban J connectivity index is 1.22. The van der Waals surface area contributed by atoms with Crippen LogP contribution in [0.5, 0.6) is 5.75 Å². The van der Waals surface area contributed by atoms with Crippen LogP contribution in [0.25, 0.3) is 4.96 Å². The number of hydrogen-bond acceptors (Lipinski definition) is 5. The molecule has 0 saturated heterocycles. The second-order valence-corrected chi connectivity index (χ2v) is 12.0. The fourth-order valence-electron chi connectivity index (χ4n) is 6.63.